The van der Waals surface area contributed by atoms with Gasteiger partial charge in [-0.2, -0.15) is 0 Å². The van der Waals surface area contributed by atoms with Crippen molar-refractivity contribution in [1.82, 2.24) is 10.2 Å². The summed E-state index contributed by atoms with van der Waals surface area (Å²) in [7, 11) is 1.66. The number of urea groups is 1. The first kappa shape index (κ1) is 20.7. The Morgan fingerprint density at radius 3 is 2.62 bits per heavy atom. The molecule has 1 fully saturated rings. The van der Waals surface area contributed by atoms with Crippen molar-refractivity contribution < 1.29 is 19.4 Å². The molecule has 2 amide bonds. The second-order valence-corrected chi connectivity index (χ2v) is 7.44. The second kappa shape index (κ2) is 9.96. The number of amides is 2. The van der Waals surface area contributed by atoms with Gasteiger partial charge in [-0.05, 0) is 36.5 Å². The van der Waals surface area contributed by atoms with Gasteiger partial charge >= 0.3 is 12.0 Å². The normalized spacial score (nSPS) is 17.0. The van der Waals surface area contributed by atoms with Gasteiger partial charge < -0.3 is 20.1 Å². The van der Waals surface area contributed by atoms with Gasteiger partial charge in [-0.1, -0.05) is 48.5 Å². The molecule has 2 aromatic carbocycles. The lowest BCUT2D eigenvalue weighted by atomic mass is 9.97. The summed E-state index contributed by atoms with van der Waals surface area (Å²) in [6.45, 7) is 1.30. The van der Waals surface area contributed by atoms with Crippen molar-refractivity contribution in [2.24, 2.45) is 0 Å². The molecule has 0 aromatic heterocycles. The van der Waals surface area contributed by atoms with Crippen molar-refractivity contribution in [2.45, 2.75) is 37.6 Å². The maximum Gasteiger partial charge on any atom is 0.317 e. The van der Waals surface area contributed by atoms with E-state index in [9.17, 15) is 9.59 Å². The molecule has 0 saturated carbocycles. The smallest absolute Gasteiger partial charge is 0.317 e. The van der Waals surface area contributed by atoms with E-state index in [1.807, 2.05) is 53.4 Å². The number of nitrogens with one attached hydrogen (secondary N) is 1. The monoisotopic (exact) mass is 396 g/mol. The summed E-state index contributed by atoms with van der Waals surface area (Å²) in [6.07, 6.45) is 1.93. The number of benzene rings is 2. The Hall–Kier alpha value is -3.02. The predicted molar refractivity (Wildman–Crippen MR) is 111 cm³/mol. The molecule has 154 valence electrons. The minimum atomic E-state index is -0.852. The van der Waals surface area contributed by atoms with Crippen LogP contribution in [-0.2, 0) is 11.2 Å². The van der Waals surface area contributed by atoms with Crippen molar-refractivity contribution >= 4 is 12.0 Å². The number of hydrogen-bond acceptors (Lipinski definition) is 3. The minimum Gasteiger partial charge on any atom is -0.496 e. The summed E-state index contributed by atoms with van der Waals surface area (Å²) < 4.78 is 5.46. The standard InChI is InChI=1S/C23H28N2O4/c1-29-21-10-6-5-9-20(21)18-13-14-25(16-18)23(28)24-19(11-12-22(26)27)15-17-7-3-2-4-8-17/h2-10,18-19H,11-16H2,1H3,(H,24,28)(H,26,27). The number of carboxylic acids is 1. The van der Waals surface area contributed by atoms with E-state index in [0.717, 1.165) is 23.3 Å². The molecule has 2 atom stereocenters. The average molecular weight is 396 g/mol. The number of nitrogens with zero attached hydrogens (tertiary/aromatic N) is 1. The molecule has 2 unspecified atom stereocenters. The minimum absolute atomic E-state index is 0.0294. The van der Waals surface area contributed by atoms with Gasteiger partial charge in [-0.15, -0.1) is 0 Å². The lowest BCUT2D eigenvalue weighted by Gasteiger charge is -2.23. The van der Waals surface area contributed by atoms with Crippen LogP contribution in [0.2, 0.25) is 0 Å². The van der Waals surface area contributed by atoms with Gasteiger partial charge in [0.25, 0.3) is 0 Å². The maximum absolute atomic E-state index is 12.9. The molecule has 3 rings (SSSR count). The van der Waals surface area contributed by atoms with Gasteiger partial charge in [0.1, 0.15) is 5.75 Å². The van der Waals surface area contributed by atoms with Crippen LogP contribution in [0.4, 0.5) is 4.79 Å². The third-order valence-corrected chi connectivity index (χ3v) is 5.41. The Bertz CT molecular complexity index is 825. The first-order valence-electron chi connectivity index (χ1n) is 10.0. The zero-order valence-electron chi connectivity index (χ0n) is 16.7. The highest BCUT2D eigenvalue weighted by atomic mass is 16.5. The number of carboxylic acid groups (broad SMARTS) is 1. The number of carbonyl (C=O) groups is 2. The van der Waals surface area contributed by atoms with Gasteiger partial charge in [0, 0.05) is 31.5 Å². The third kappa shape index (κ3) is 5.73. The van der Waals surface area contributed by atoms with Crippen LogP contribution in [0.25, 0.3) is 0 Å². The zero-order valence-corrected chi connectivity index (χ0v) is 16.7. The fourth-order valence-corrected chi connectivity index (χ4v) is 3.89. The highest BCUT2D eigenvalue weighted by Gasteiger charge is 2.30. The summed E-state index contributed by atoms with van der Waals surface area (Å²) in [6, 6.07) is 17.4. The van der Waals surface area contributed by atoms with E-state index < -0.39 is 5.97 Å². The molecule has 29 heavy (non-hydrogen) atoms. The largest absolute Gasteiger partial charge is 0.496 e. The SMILES string of the molecule is COc1ccccc1C1CCN(C(=O)NC(CCC(=O)O)Cc2ccccc2)C1. The molecule has 1 saturated heterocycles. The molecule has 6 nitrogen and oxygen atoms in total. The van der Waals surface area contributed by atoms with Crippen molar-refractivity contribution in [3.05, 3.63) is 65.7 Å². The van der Waals surface area contributed by atoms with Gasteiger partial charge in [0.2, 0.25) is 0 Å². The predicted octanol–water partition coefficient (Wildman–Crippen LogP) is 3.67. The Morgan fingerprint density at radius 1 is 1.17 bits per heavy atom. The Kier molecular flexibility index (Phi) is 7.11. The number of ether oxygens (including phenoxy) is 1. The van der Waals surface area contributed by atoms with Crippen LogP contribution in [0.1, 0.15) is 36.3 Å². The highest BCUT2D eigenvalue weighted by Crippen LogP contribution is 2.33. The summed E-state index contributed by atoms with van der Waals surface area (Å²) in [5.74, 6) is 0.237. The lowest BCUT2D eigenvalue weighted by Crippen LogP contribution is -2.45. The molecule has 1 heterocycles. The van der Waals surface area contributed by atoms with Crippen molar-refractivity contribution in [2.75, 3.05) is 20.2 Å². The van der Waals surface area contributed by atoms with E-state index in [2.05, 4.69) is 11.4 Å². The molecule has 0 radical (unpaired) electrons. The molecule has 0 bridgehead atoms. The molecule has 2 aromatic rings. The summed E-state index contributed by atoms with van der Waals surface area (Å²) in [4.78, 5) is 25.7. The summed E-state index contributed by atoms with van der Waals surface area (Å²) in [5.41, 5.74) is 2.20. The molecule has 1 aliphatic rings. The number of rotatable bonds is 8. The Labute approximate surface area is 171 Å². The van der Waals surface area contributed by atoms with E-state index >= 15 is 0 Å². The third-order valence-electron chi connectivity index (χ3n) is 5.41. The van der Waals surface area contributed by atoms with Crippen LogP contribution in [0.15, 0.2) is 54.6 Å². The van der Waals surface area contributed by atoms with E-state index in [4.69, 9.17) is 9.84 Å². The van der Waals surface area contributed by atoms with Crippen LogP contribution >= 0.6 is 0 Å². The van der Waals surface area contributed by atoms with Gasteiger partial charge in [-0.25, -0.2) is 4.79 Å². The van der Waals surface area contributed by atoms with Crippen molar-refractivity contribution in [3.63, 3.8) is 0 Å². The zero-order chi connectivity index (χ0) is 20.6. The van der Waals surface area contributed by atoms with E-state index in [0.29, 0.717) is 25.9 Å². The fourth-order valence-electron chi connectivity index (χ4n) is 3.89. The molecule has 0 spiro atoms. The summed E-state index contributed by atoms with van der Waals surface area (Å²) >= 11 is 0. The first-order chi connectivity index (χ1) is 14.1. The molecule has 6 heteroatoms. The van der Waals surface area contributed by atoms with E-state index in [1.165, 1.54) is 0 Å². The van der Waals surface area contributed by atoms with Crippen LogP contribution in [0.3, 0.4) is 0 Å². The van der Waals surface area contributed by atoms with Gasteiger partial charge in [-0.3, -0.25) is 4.79 Å². The second-order valence-electron chi connectivity index (χ2n) is 7.44. The van der Waals surface area contributed by atoms with Gasteiger partial charge in [0.05, 0.1) is 7.11 Å². The molecule has 0 aliphatic carbocycles. The van der Waals surface area contributed by atoms with Crippen LogP contribution in [0.5, 0.6) is 5.75 Å². The number of para-hydroxylation sites is 1. The topological polar surface area (TPSA) is 78.9 Å². The quantitative estimate of drug-likeness (QED) is 0.714. The number of hydrogen-bond donors (Lipinski definition) is 2. The first-order valence-corrected chi connectivity index (χ1v) is 10.0. The molecule has 2 N–H and O–H groups in total. The van der Waals surface area contributed by atoms with E-state index in [-0.39, 0.29) is 24.4 Å². The van der Waals surface area contributed by atoms with Crippen LogP contribution < -0.4 is 10.1 Å². The Morgan fingerprint density at radius 2 is 1.90 bits per heavy atom. The molecular formula is C23H28N2O4. The van der Waals surface area contributed by atoms with Crippen LogP contribution in [0, 0.1) is 0 Å². The fraction of sp³-hybridized carbons (Fsp3) is 0.391. The summed E-state index contributed by atoms with van der Waals surface area (Å²) in [5, 5.41) is 12.1. The number of likely N-dealkylation sites (tertiary alicyclic amines) is 1. The van der Waals surface area contributed by atoms with E-state index in [1.54, 1.807) is 7.11 Å². The van der Waals surface area contributed by atoms with Crippen molar-refractivity contribution in [3.8, 4) is 5.75 Å². The lowest BCUT2D eigenvalue weighted by molar-refractivity contribution is -0.137. The number of carbonyl (C=O) groups excluding carboxylic acids is 1. The highest BCUT2D eigenvalue weighted by molar-refractivity contribution is 5.75. The molecular weight excluding hydrogens is 368 g/mol. The van der Waals surface area contributed by atoms with Crippen molar-refractivity contribution in [1.29, 1.82) is 0 Å². The Balaban J connectivity index is 1.62. The number of methoxy groups -OCH3 is 1. The molecule has 1 aliphatic heterocycles. The van der Waals surface area contributed by atoms with Gasteiger partial charge in [0.15, 0.2) is 0 Å². The number of aliphatic carboxylic acids is 1. The van der Waals surface area contributed by atoms with Crippen LogP contribution in [-0.4, -0.2) is 48.2 Å². The average Bonchev–Trinajstić information content (AvgIpc) is 3.23. The maximum atomic E-state index is 12.9.